The van der Waals surface area contributed by atoms with Crippen LogP contribution in [-0.2, 0) is 0 Å². The Morgan fingerprint density at radius 2 is 2.46 bits per heavy atom. The fraction of sp³-hybridized carbons (Fsp3) is 0.400. The maximum atomic E-state index is 5.72. The molecule has 2 rings (SSSR count). The van der Waals surface area contributed by atoms with Crippen molar-refractivity contribution >= 4 is 11.4 Å². The van der Waals surface area contributed by atoms with Crippen molar-refractivity contribution in [2.75, 3.05) is 17.6 Å². The summed E-state index contributed by atoms with van der Waals surface area (Å²) in [6.07, 6.45) is 1.31. The maximum absolute atomic E-state index is 5.72. The van der Waals surface area contributed by atoms with Crippen LogP contribution >= 0.6 is 0 Å². The van der Waals surface area contributed by atoms with E-state index in [0.717, 1.165) is 30.1 Å². The summed E-state index contributed by atoms with van der Waals surface area (Å²) >= 11 is 0. The van der Waals surface area contributed by atoms with Crippen molar-refractivity contribution in [3.8, 4) is 5.75 Å². The molecule has 3 nitrogen and oxygen atoms in total. The molecule has 0 bridgehead atoms. The zero-order valence-corrected chi connectivity index (χ0v) is 7.71. The van der Waals surface area contributed by atoms with Crippen LogP contribution in [0.5, 0.6) is 5.75 Å². The molecule has 1 unspecified atom stereocenters. The molecule has 1 atom stereocenters. The van der Waals surface area contributed by atoms with Crippen LogP contribution < -0.4 is 15.8 Å². The number of hydrogen-bond acceptors (Lipinski definition) is 3. The number of fused-ring (bicyclic) bond motifs is 1. The third kappa shape index (κ3) is 1.54. The predicted molar refractivity (Wildman–Crippen MR) is 54.1 cm³/mol. The summed E-state index contributed by atoms with van der Waals surface area (Å²) in [6.45, 7) is 2.99. The Bertz CT molecular complexity index is 312. The van der Waals surface area contributed by atoms with E-state index in [1.54, 1.807) is 0 Å². The molecule has 70 valence electrons. The van der Waals surface area contributed by atoms with Gasteiger partial charge in [-0.15, -0.1) is 0 Å². The molecule has 1 aromatic rings. The molecule has 13 heavy (non-hydrogen) atoms. The van der Waals surface area contributed by atoms with Crippen molar-refractivity contribution in [2.45, 2.75) is 19.4 Å². The highest BCUT2D eigenvalue weighted by atomic mass is 16.5. The predicted octanol–water partition coefficient (Wildman–Crippen LogP) is 1.85. The van der Waals surface area contributed by atoms with Gasteiger partial charge >= 0.3 is 0 Å². The number of anilines is 2. The Balaban J connectivity index is 2.26. The van der Waals surface area contributed by atoms with Gasteiger partial charge in [-0.3, -0.25) is 0 Å². The summed E-state index contributed by atoms with van der Waals surface area (Å²) in [7, 11) is 0. The smallest absolute Gasteiger partial charge is 0.143 e. The molecular formula is C10H14N2O. The maximum Gasteiger partial charge on any atom is 0.143 e. The summed E-state index contributed by atoms with van der Waals surface area (Å²) in [4.78, 5) is 0. The molecule has 1 aliphatic rings. The van der Waals surface area contributed by atoms with E-state index in [1.807, 2.05) is 18.2 Å². The van der Waals surface area contributed by atoms with Gasteiger partial charge in [0.05, 0.1) is 12.2 Å². The average Bonchev–Trinajstić information content (AvgIpc) is 2.17. The number of benzene rings is 1. The molecule has 3 N–H and O–H groups in total. The lowest BCUT2D eigenvalue weighted by Crippen LogP contribution is -2.29. The zero-order chi connectivity index (χ0) is 9.26. The van der Waals surface area contributed by atoms with Crippen molar-refractivity contribution in [2.24, 2.45) is 0 Å². The molecule has 1 aromatic carbocycles. The number of nitrogens with two attached hydrogens (primary N) is 1. The molecule has 0 amide bonds. The average molecular weight is 178 g/mol. The number of nitrogen functional groups attached to an aromatic ring is 1. The lowest BCUT2D eigenvalue weighted by molar-refractivity contribution is 0.202. The molecule has 1 aliphatic heterocycles. The highest BCUT2D eigenvalue weighted by Crippen LogP contribution is 2.31. The van der Waals surface area contributed by atoms with E-state index in [-0.39, 0.29) is 6.10 Å². The molecule has 0 saturated carbocycles. The van der Waals surface area contributed by atoms with Crippen LogP contribution in [0.2, 0.25) is 0 Å². The van der Waals surface area contributed by atoms with Crippen LogP contribution in [0.15, 0.2) is 18.2 Å². The third-order valence-electron chi connectivity index (χ3n) is 2.27. The first-order chi connectivity index (χ1) is 6.29. The molecule has 0 fully saturated rings. The first-order valence-corrected chi connectivity index (χ1v) is 4.59. The molecule has 0 spiro atoms. The van der Waals surface area contributed by atoms with Gasteiger partial charge in [-0.2, -0.15) is 0 Å². The topological polar surface area (TPSA) is 47.3 Å². The van der Waals surface area contributed by atoms with Gasteiger partial charge in [0.1, 0.15) is 11.9 Å². The summed E-state index contributed by atoms with van der Waals surface area (Å²) < 4.78 is 5.72. The summed E-state index contributed by atoms with van der Waals surface area (Å²) in [5.74, 6) is 0.910. The van der Waals surface area contributed by atoms with Crippen LogP contribution in [0, 0.1) is 0 Å². The third-order valence-corrected chi connectivity index (χ3v) is 2.27. The fourth-order valence-corrected chi connectivity index (χ4v) is 1.46. The quantitative estimate of drug-likeness (QED) is 0.645. The lowest BCUT2D eigenvalue weighted by Gasteiger charge is -2.26. The van der Waals surface area contributed by atoms with Crippen molar-refractivity contribution in [3.63, 3.8) is 0 Å². The second-order valence-corrected chi connectivity index (χ2v) is 3.28. The number of hydrogen-bond donors (Lipinski definition) is 2. The van der Waals surface area contributed by atoms with E-state index in [0.29, 0.717) is 0 Å². The number of rotatable bonds is 1. The highest BCUT2D eigenvalue weighted by molar-refractivity contribution is 5.64. The van der Waals surface area contributed by atoms with Crippen LogP contribution in [0.25, 0.3) is 0 Å². The molecule has 0 aliphatic carbocycles. The Hall–Kier alpha value is -1.38. The van der Waals surface area contributed by atoms with Gasteiger partial charge in [0.25, 0.3) is 0 Å². The standard InChI is InChI=1S/C10H14N2O/c1-2-8-6-12-9-5-7(11)3-4-10(9)13-8/h3-5,8,12H,2,6,11H2,1H3. The van der Waals surface area contributed by atoms with Gasteiger partial charge in [0.2, 0.25) is 0 Å². The molecule has 0 aromatic heterocycles. The molecule has 3 heteroatoms. The van der Waals surface area contributed by atoms with Gasteiger partial charge in [0, 0.05) is 5.69 Å². The largest absolute Gasteiger partial charge is 0.486 e. The van der Waals surface area contributed by atoms with Crippen molar-refractivity contribution in [1.82, 2.24) is 0 Å². The van der Waals surface area contributed by atoms with E-state index in [4.69, 9.17) is 10.5 Å². The summed E-state index contributed by atoms with van der Waals surface area (Å²) in [5.41, 5.74) is 7.43. The minimum atomic E-state index is 0.288. The Morgan fingerprint density at radius 1 is 1.62 bits per heavy atom. The minimum Gasteiger partial charge on any atom is -0.486 e. The van der Waals surface area contributed by atoms with Gasteiger partial charge in [-0.05, 0) is 24.6 Å². The van der Waals surface area contributed by atoms with Crippen LogP contribution in [-0.4, -0.2) is 12.6 Å². The van der Waals surface area contributed by atoms with Gasteiger partial charge in [-0.1, -0.05) is 6.92 Å². The Kier molecular flexibility index (Phi) is 2.00. The lowest BCUT2D eigenvalue weighted by atomic mass is 10.2. The highest BCUT2D eigenvalue weighted by Gasteiger charge is 2.16. The first-order valence-electron chi connectivity index (χ1n) is 4.59. The Morgan fingerprint density at radius 3 is 3.23 bits per heavy atom. The van der Waals surface area contributed by atoms with Gasteiger partial charge in [-0.25, -0.2) is 0 Å². The Labute approximate surface area is 77.9 Å². The van der Waals surface area contributed by atoms with Gasteiger partial charge in [0.15, 0.2) is 0 Å². The van der Waals surface area contributed by atoms with Crippen LogP contribution in [0.3, 0.4) is 0 Å². The van der Waals surface area contributed by atoms with Crippen LogP contribution in [0.1, 0.15) is 13.3 Å². The number of ether oxygens (including phenoxy) is 1. The zero-order valence-electron chi connectivity index (χ0n) is 7.71. The van der Waals surface area contributed by atoms with Crippen molar-refractivity contribution < 1.29 is 4.74 Å². The van der Waals surface area contributed by atoms with Gasteiger partial charge < -0.3 is 15.8 Å². The first kappa shape index (κ1) is 8.23. The molecular weight excluding hydrogens is 164 g/mol. The van der Waals surface area contributed by atoms with E-state index in [1.165, 1.54) is 0 Å². The van der Waals surface area contributed by atoms with Crippen molar-refractivity contribution in [1.29, 1.82) is 0 Å². The normalized spacial score (nSPS) is 19.9. The van der Waals surface area contributed by atoms with E-state index < -0.39 is 0 Å². The summed E-state index contributed by atoms with van der Waals surface area (Å²) in [5, 5.41) is 3.30. The molecule has 1 heterocycles. The molecule has 0 saturated heterocycles. The summed E-state index contributed by atoms with van der Waals surface area (Å²) in [6, 6.07) is 5.68. The molecule has 0 radical (unpaired) electrons. The van der Waals surface area contributed by atoms with Crippen LogP contribution in [0.4, 0.5) is 11.4 Å². The monoisotopic (exact) mass is 178 g/mol. The second kappa shape index (κ2) is 3.17. The van der Waals surface area contributed by atoms with E-state index in [9.17, 15) is 0 Å². The van der Waals surface area contributed by atoms with E-state index >= 15 is 0 Å². The SMILES string of the molecule is CCC1CNc2cc(N)ccc2O1. The fourth-order valence-electron chi connectivity index (χ4n) is 1.46. The number of nitrogens with one attached hydrogen (secondary N) is 1. The minimum absolute atomic E-state index is 0.288. The van der Waals surface area contributed by atoms with Crippen molar-refractivity contribution in [3.05, 3.63) is 18.2 Å². The second-order valence-electron chi connectivity index (χ2n) is 3.28. The van der Waals surface area contributed by atoms with E-state index in [2.05, 4.69) is 12.2 Å².